The molecule has 0 unspecified atom stereocenters. The first-order valence-corrected chi connectivity index (χ1v) is 8.63. The van der Waals surface area contributed by atoms with E-state index in [0.29, 0.717) is 22.7 Å². The highest BCUT2D eigenvalue weighted by Crippen LogP contribution is 2.25. The van der Waals surface area contributed by atoms with E-state index < -0.39 is 0 Å². The van der Waals surface area contributed by atoms with E-state index in [1.807, 2.05) is 13.0 Å². The van der Waals surface area contributed by atoms with Gasteiger partial charge in [-0.15, -0.1) is 5.10 Å². The van der Waals surface area contributed by atoms with Crippen molar-refractivity contribution in [3.63, 3.8) is 0 Å². The third-order valence-electron chi connectivity index (χ3n) is 3.98. The van der Waals surface area contributed by atoms with Crippen molar-refractivity contribution >= 4 is 23.2 Å². The molecule has 0 spiro atoms. The lowest BCUT2D eigenvalue weighted by Gasteiger charge is -2.25. The van der Waals surface area contributed by atoms with Crippen molar-refractivity contribution in [2.45, 2.75) is 26.2 Å². The number of hydrogen-bond acceptors (Lipinski definition) is 4. The summed E-state index contributed by atoms with van der Waals surface area (Å²) in [5.41, 5.74) is 0.815. The Morgan fingerprint density at radius 2 is 1.91 bits per heavy atom. The van der Waals surface area contributed by atoms with Gasteiger partial charge in [0.2, 0.25) is 0 Å². The summed E-state index contributed by atoms with van der Waals surface area (Å²) < 4.78 is 7.41. The monoisotopic (exact) mass is 354 g/mol. The van der Waals surface area contributed by atoms with Crippen LogP contribution in [0.3, 0.4) is 0 Å². The average molecular weight is 355 g/mol. The summed E-state index contributed by atoms with van der Waals surface area (Å²) in [7, 11) is 0. The SMILES string of the molecule is Cc1nc(OCCN2CCCCC2)nn1-c1ccc(Cl)c(Cl)c1. The lowest BCUT2D eigenvalue weighted by Crippen LogP contribution is -2.33. The molecule has 23 heavy (non-hydrogen) atoms. The summed E-state index contributed by atoms with van der Waals surface area (Å²) in [6.45, 7) is 5.72. The van der Waals surface area contributed by atoms with Crippen LogP contribution in [0.2, 0.25) is 10.0 Å². The molecule has 7 heteroatoms. The molecular formula is C16H20Cl2N4O. The summed E-state index contributed by atoms with van der Waals surface area (Å²) in [4.78, 5) is 6.78. The zero-order valence-electron chi connectivity index (χ0n) is 13.1. The molecule has 0 aliphatic carbocycles. The molecule has 1 aliphatic heterocycles. The highest BCUT2D eigenvalue weighted by Gasteiger charge is 2.12. The zero-order valence-corrected chi connectivity index (χ0v) is 14.6. The van der Waals surface area contributed by atoms with Crippen LogP contribution in [0.4, 0.5) is 0 Å². The number of aromatic nitrogens is 3. The number of nitrogens with zero attached hydrogens (tertiary/aromatic N) is 4. The molecule has 2 aromatic rings. The predicted molar refractivity (Wildman–Crippen MR) is 91.9 cm³/mol. The van der Waals surface area contributed by atoms with Crippen LogP contribution in [-0.4, -0.2) is 45.9 Å². The fraction of sp³-hybridized carbons (Fsp3) is 0.500. The Kier molecular flexibility index (Phi) is 5.41. The quantitative estimate of drug-likeness (QED) is 0.819. The standard InChI is InChI=1S/C16H20Cl2N4O/c1-12-19-16(23-10-9-21-7-3-2-4-8-21)20-22(12)13-5-6-14(17)15(18)11-13/h5-6,11H,2-4,7-10H2,1H3. The van der Waals surface area contributed by atoms with Crippen molar-refractivity contribution < 1.29 is 4.74 Å². The fourth-order valence-corrected chi connectivity index (χ4v) is 3.03. The van der Waals surface area contributed by atoms with E-state index in [1.165, 1.54) is 19.3 Å². The molecule has 1 saturated heterocycles. The Hall–Kier alpha value is -1.30. The van der Waals surface area contributed by atoms with Crippen LogP contribution in [0.5, 0.6) is 6.01 Å². The van der Waals surface area contributed by atoms with Gasteiger partial charge < -0.3 is 4.74 Å². The number of hydrogen-bond donors (Lipinski definition) is 0. The van der Waals surface area contributed by atoms with E-state index in [-0.39, 0.29) is 0 Å². The van der Waals surface area contributed by atoms with Gasteiger partial charge in [-0.1, -0.05) is 29.6 Å². The van der Waals surface area contributed by atoms with Gasteiger partial charge in [0.15, 0.2) is 0 Å². The average Bonchev–Trinajstić information content (AvgIpc) is 2.92. The molecule has 1 aliphatic rings. The van der Waals surface area contributed by atoms with Crippen molar-refractivity contribution in [3.05, 3.63) is 34.1 Å². The van der Waals surface area contributed by atoms with Gasteiger partial charge in [-0.2, -0.15) is 4.98 Å². The number of benzene rings is 1. The molecule has 124 valence electrons. The fourth-order valence-electron chi connectivity index (χ4n) is 2.74. The maximum absolute atomic E-state index is 6.06. The number of rotatable bonds is 5. The summed E-state index contributed by atoms with van der Waals surface area (Å²) in [5, 5.41) is 5.41. The molecule has 0 N–H and O–H groups in total. The van der Waals surface area contributed by atoms with Crippen LogP contribution in [0, 0.1) is 6.92 Å². The highest BCUT2D eigenvalue weighted by molar-refractivity contribution is 6.42. The van der Waals surface area contributed by atoms with Crippen LogP contribution >= 0.6 is 23.2 Å². The lowest BCUT2D eigenvalue weighted by molar-refractivity contribution is 0.177. The second kappa shape index (κ2) is 7.51. The zero-order chi connectivity index (χ0) is 16.2. The Morgan fingerprint density at radius 1 is 1.13 bits per heavy atom. The van der Waals surface area contributed by atoms with Crippen molar-refractivity contribution in [1.29, 1.82) is 0 Å². The minimum Gasteiger partial charge on any atom is -0.461 e. The molecule has 0 atom stereocenters. The summed E-state index contributed by atoms with van der Waals surface area (Å²) in [6, 6.07) is 5.76. The molecule has 0 amide bonds. The molecule has 1 fully saturated rings. The molecule has 0 saturated carbocycles. The number of likely N-dealkylation sites (tertiary alicyclic amines) is 1. The van der Waals surface area contributed by atoms with Crippen molar-refractivity contribution in [2.75, 3.05) is 26.2 Å². The molecule has 5 nitrogen and oxygen atoms in total. The first-order valence-electron chi connectivity index (χ1n) is 7.88. The summed E-state index contributed by atoms with van der Waals surface area (Å²) in [5.74, 6) is 0.747. The van der Waals surface area contributed by atoms with Crippen molar-refractivity contribution in [1.82, 2.24) is 19.7 Å². The first kappa shape index (κ1) is 16.6. The number of piperidine rings is 1. The van der Waals surface area contributed by atoms with Crippen LogP contribution < -0.4 is 4.74 Å². The van der Waals surface area contributed by atoms with Gasteiger partial charge in [0, 0.05) is 6.54 Å². The summed E-state index contributed by atoms with van der Waals surface area (Å²) in [6.07, 6.45) is 3.90. The number of aryl methyl sites for hydroxylation is 1. The second-order valence-electron chi connectivity index (χ2n) is 5.70. The first-order chi connectivity index (χ1) is 11.1. The van der Waals surface area contributed by atoms with Crippen molar-refractivity contribution in [3.8, 4) is 11.7 Å². The Balaban J connectivity index is 1.62. The van der Waals surface area contributed by atoms with E-state index in [0.717, 1.165) is 31.1 Å². The predicted octanol–water partition coefficient (Wildman–Crippen LogP) is 3.75. The minimum atomic E-state index is 0.394. The normalized spacial score (nSPS) is 15.8. The largest absolute Gasteiger partial charge is 0.461 e. The minimum absolute atomic E-state index is 0.394. The maximum Gasteiger partial charge on any atom is 0.336 e. The molecular weight excluding hydrogens is 335 g/mol. The Morgan fingerprint density at radius 3 is 2.65 bits per heavy atom. The smallest absolute Gasteiger partial charge is 0.336 e. The van der Waals surface area contributed by atoms with Gasteiger partial charge in [-0.25, -0.2) is 4.68 Å². The van der Waals surface area contributed by atoms with E-state index in [9.17, 15) is 0 Å². The van der Waals surface area contributed by atoms with E-state index >= 15 is 0 Å². The van der Waals surface area contributed by atoms with Crippen LogP contribution in [0.15, 0.2) is 18.2 Å². The third kappa shape index (κ3) is 4.16. The molecule has 0 bridgehead atoms. The van der Waals surface area contributed by atoms with Gasteiger partial charge in [0.05, 0.1) is 15.7 Å². The molecule has 1 aromatic carbocycles. The van der Waals surface area contributed by atoms with Gasteiger partial charge in [0.25, 0.3) is 0 Å². The Bertz CT molecular complexity index is 668. The van der Waals surface area contributed by atoms with Gasteiger partial charge in [-0.3, -0.25) is 4.90 Å². The van der Waals surface area contributed by atoms with E-state index in [1.54, 1.807) is 16.8 Å². The number of halogens is 2. The summed E-state index contributed by atoms with van der Waals surface area (Å²) >= 11 is 12.0. The topological polar surface area (TPSA) is 43.2 Å². The van der Waals surface area contributed by atoms with E-state index in [4.69, 9.17) is 27.9 Å². The molecule has 2 heterocycles. The lowest BCUT2D eigenvalue weighted by atomic mass is 10.1. The van der Waals surface area contributed by atoms with Crippen LogP contribution in [0.25, 0.3) is 5.69 Å². The number of ether oxygens (including phenoxy) is 1. The Labute approximate surface area is 146 Å². The van der Waals surface area contributed by atoms with Gasteiger partial charge in [0.1, 0.15) is 12.4 Å². The van der Waals surface area contributed by atoms with Gasteiger partial charge in [-0.05, 0) is 51.1 Å². The van der Waals surface area contributed by atoms with Crippen molar-refractivity contribution in [2.24, 2.45) is 0 Å². The van der Waals surface area contributed by atoms with Gasteiger partial charge >= 0.3 is 6.01 Å². The van der Waals surface area contributed by atoms with Crippen LogP contribution in [-0.2, 0) is 0 Å². The highest BCUT2D eigenvalue weighted by atomic mass is 35.5. The second-order valence-corrected chi connectivity index (χ2v) is 6.52. The molecule has 3 rings (SSSR count). The maximum atomic E-state index is 6.06. The van der Waals surface area contributed by atoms with E-state index in [2.05, 4.69) is 15.0 Å². The third-order valence-corrected chi connectivity index (χ3v) is 4.72. The molecule has 0 radical (unpaired) electrons. The molecule has 1 aromatic heterocycles. The van der Waals surface area contributed by atoms with Crippen LogP contribution in [0.1, 0.15) is 25.1 Å².